The van der Waals surface area contributed by atoms with Gasteiger partial charge in [-0.15, -0.1) is 0 Å². The number of hydrogen-bond acceptors (Lipinski definition) is 2. The second-order valence-electron chi connectivity index (χ2n) is 4.24. The molecule has 0 unspecified atom stereocenters. The maximum absolute atomic E-state index is 5.45. The molecule has 0 fully saturated rings. The number of methoxy groups -OCH3 is 2. The van der Waals surface area contributed by atoms with Crippen LogP contribution >= 0.6 is 0 Å². The van der Waals surface area contributed by atoms with E-state index in [0.29, 0.717) is 5.92 Å². The Hall–Kier alpha value is -1.96. The second kappa shape index (κ2) is 5.58. The van der Waals surface area contributed by atoms with E-state index >= 15 is 0 Å². The molecule has 0 bridgehead atoms. The zero-order valence-corrected chi connectivity index (χ0v) is 11.0. The molecule has 0 saturated heterocycles. The summed E-state index contributed by atoms with van der Waals surface area (Å²) in [7, 11) is 3.35. The predicted molar refractivity (Wildman–Crippen MR) is 73.5 cm³/mol. The highest BCUT2D eigenvalue weighted by atomic mass is 16.5. The summed E-state index contributed by atoms with van der Waals surface area (Å²) < 4.78 is 10.7. The summed E-state index contributed by atoms with van der Waals surface area (Å²) in [6, 6.07) is 16.4. The van der Waals surface area contributed by atoms with Gasteiger partial charge in [0.25, 0.3) is 0 Å². The summed E-state index contributed by atoms with van der Waals surface area (Å²) in [6.45, 7) is 2.18. The van der Waals surface area contributed by atoms with Gasteiger partial charge in [0.1, 0.15) is 11.5 Å². The lowest BCUT2D eigenvalue weighted by atomic mass is 9.92. The van der Waals surface area contributed by atoms with Crippen molar-refractivity contribution in [1.29, 1.82) is 0 Å². The van der Waals surface area contributed by atoms with E-state index in [-0.39, 0.29) is 0 Å². The van der Waals surface area contributed by atoms with Crippen molar-refractivity contribution in [1.82, 2.24) is 0 Å². The molecule has 18 heavy (non-hydrogen) atoms. The van der Waals surface area contributed by atoms with Crippen LogP contribution in [0.1, 0.15) is 24.0 Å². The molecule has 2 aromatic rings. The molecule has 0 N–H and O–H groups in total. The summed E-state index contributed by atoms with van der Waals surface area (Å²) in [5.74, 6) is 1.98. The third-order valence-electron chi connectivity index (χ3n) is 3.21. The lowest BCUT2D eigenvalue weighted by Gasteiger charge is -2.17. The molecule has 0 aliphatic heterocycles. The summed E-state index contributed by atoms with van der Waals surface area (Å²) in [6.07, 6.45) is 0. The zero-order chi connectivity index (χ0) is 13.0. The van der Waals surface area contributed by atoms with Crippen molar-refractivity contribution < 1.29 is 9.47 Å². The standard InChI is InChI=1S/C16H18O2/c1-12(13-7-5-4-6-8-13)15-10-9-14(17-2)11-16(15)18-3/h4-12H,1-3H3/t12-/m1/s1. The third-order valence-corrected chi connectivity index (χ3v) is 3.21. The molecule has 0 amide bonds. The highest BCUT2D eigenvalue weighted by molar-refractivity contribution is 5.45. The topological polar surface area (TPSA) is 18.5 Å². The molecular weight excluding hydrogens is 224 g/mol. The van der Waals surface area contributed by atoms with Gasteiger partial charge < -0.3 is 9.47 Å². The van der Waals surface area contributed by atoms with Crippen LogP contribution in [0.2, 0.25) is 0 Å². The lowest BCUT2D eigenvalue weighted by molar-refractivity contribution is 0.390. The van der Waals surface area contributed by atoms with E-state index in [1.54, 1.807) is 14.2 Å². The summed E-state index contributed by atoms with van der Waals surface area (Å²) in [4.78, 5) is 0. The fourth-order valence-electron chi connectivity index (χ4n) is 2.10. The van der Waals surface area contributed by atoms with Crippen molar-refractivity contribution in [2.45, 2.75) is 12.8 Å². The Morgan fingerprint density at radius 3 is 2.22 bits per heavy atom. The Kier molecular flexibility index (Phi) is 3.88. The lowest BCUT2D eigenvalue weighted by Crippen LogP contribution is -2.00. The van der Waals surface area contributed by atoms with Gasteiger partial charge in [-0.25, -0.2) is 0 Å². The maximum Gasteiger partial charge on any atom is 0.126 e. The molecule has 2 nitrogen and oxygen atoms in total. The van der Waals surface area contributed by atoms with E-state index in [1.807, 2.05) is 18.2 Å². The minimum absolute atomic E-state index is 0.298. The van der Waals surface area contributed by atoms with Crippen LogP contribution in [0.3, 0.4) is 0 Å². The van der Waals surface area contributed by atoms with Crippen LogP contribution in [0.15, 0.2) is 48.5 Å². The van der Waals surface area contributed by atoms with Crippen LogP contribution < -0.4 is 9.47 Å². The zero-order valence-electron chi connectivity index (χ0n) is 11.0. The van der Waals surface area contributed by atoms with Gasteiger partial charge in [-0.3, -0.25) is 0 Å². The predicted octanol–water partition coefficient (Wildman–Crippen LogP) is 3.86. The van der Waals surface area contributed by atoms with Gasteiger partial charge in [-0.1, -0.05) is 43.3 Å². The second-order valence-corrected chi connectivity index (χ2v) is 4.24. The normalized spacial score (nSPS) is 11.9. The first-order valence-electron chi connectivity index (χ1n) is 6.03. The van der Waals surface area contributed by atoms with E-state index in [9.17, 15) is 0 Å². The Bertz CT molecular complexity index is 506. The minimum atomic E-state index is 0.298. The van der Waals surface area contributed by atoms with Crippen molar-refractivity contribution in [2.75, 3.05) is 14.2 Å². The molecule has 0 aliphatic rings. The fourth-order valence-corrected chi connectivity index (χ4v) is 2.10. The Morgan fingerprint density at radius 2 is 1.61 bits per heavy atom. The average Bonchev–Trinajstić information content (AvgIpc) is 2.46. The largest absolute Gasteiger partial charge is 0.497 e. The summed E-state index contributed by atoms with van der Waals surface area (Å²) >= 11 is 0. The van der Waals surface area contributed by atoms with Crippen molar-refractivity contribution in [3.05, 3.63) is 59.7 Å². The highest BCUT2D eigenvalue weighted by Crippen LogP contribution is 2.33. The number of benzene rings is 2. The monoisotopic (exact) mass is 242 g/mol. The smallest absolute Gasteiger partial charge is 0.126 e. The Balaban J connectivity index is 2.38. The van der Waals surface area contributed by atoms with Gasteiger partial charge in [0.2, 0.25) is 0 Å². The molecule has 0 aliphatic carbocycles. The fraction of sp³-hybridized carbons (Fsp3) is 0.250. The quantitative estimate of drug-likeness (QED) is 0.810. The molecule has 0 aromatic heterocycles. The van der Waals surface area contributed by atoms with E-state index in [0.717, 1.165) is 11.5 Å². The van der Waals surface area contributed by atoms with Crippen LogP contribution in [0.25, 0.3) is 0 Å². The van der Waals surface area contributed by atoms with E-state index in [1.165, 1.54) is 11.1 Å². The number of ether oxygens (including phenoxy) is 2. The Labute approximate surface area is 108 Å². The van der Waals surface area contributed by atoms with Crippen LogP contribution in [-0.2, 0) is 0 Å². The van der Waals surface area contributed by atoms with Gasteiger partial charge in [-0.05, 0) is 11.6 Å². The van der Waals surface area contributed by atoms with Crippen LogP contribution in [-0.4, -0.2) is 14.2 Å². The van der Waals surface area contributed by atoms with Gasteiger partial charge in [0, 0.05) is 17.5 Å². The molecule has 0 saturated carbocycles. The molecule has 0 spiro atoms. The molecule has 2 aromatic carbocycles. The molecule has 1 atom stereocenters. The van der Waals surface area contributed by atoms with Gasteiger partial charge in [-0.2, -0.15) is 0 Å². The number of hydrogen-bond donors (Lipinski definition) is 0. The molecule has 2 rings (SSSR count). The van der Waals surface area contributed by atoms with E-state index in [2.05, 4.69) is 37.3 Å². The molecule has 94 valence electrons. The average molecular weight is 242 g/mol. The Morgan fingerprint density at radius 1 is 0.889 bits per heavy atom. The molecular formula is C16H18O2. The third kappa shape index (κ3) is 2.48. The highest BCUT2D eigenvalue weighted by Gasteiger charge is 2.13. The first kappa shape index (κ1) is 12.5. The van der Waals surface area contributed by atoms with Crippen LogP contribution in [0.4, 0.5) is 0 Å². The SMILES string of the molecule is COc1ccc([C@H](C)c2ccccc2)c(OC)c1. The van der Waals surface area contributed by atoms with Crippen molar-refractivity contribution in [3.8, 4) is 11.5 Å². The minimum Gasteiger partial charge on any atom is -0.497 e. The summed E-state index contributed by atoms with van der Waals surface area (Å²) in [5.41, 5.74) is 2.45. The van der Waals surface area contributed by atoms with Crippen LogP contribution in [0.5, 0.6) is 11.5 Å². The van der Waals surface area contributed by atoms with E-state index < -0.39 is 0 Å². The molecule has 0 radical (unpaired) electrons. The van der Waals surface area contributed by atoms with Crippen molar-refractivity contribution in [2.24, 2.45) is 0 Å². The molecule has 0 heterocycles. The van der Waals surface area contributed by atoms with Crippen LogP contribution in [0, 0.1) is 0 Å². The van der Waals surface area contributed by atoms with E-state index in [4.69, 9.17) is 9.47 Å². The van der Waals surface area contributed by atoms with Gasteiger partial charge in [0.05, 0.1) is 14.2 Å². The first-order valence-corrected chi connectivity index (χ1v) is 6.03. The summed E-state index contributed by atoms with van der Waals surface area (Å²) in [5, 5.41) is 0. The number of rotatable bonds is 4. The van der Waals surface area contributed by atoms with Crippen molar-refractivity contribution >= 4 is 0 Å². The maximum atomic E-state index is 5.45. The van der Waals surface area contributed by atoms with Crippen molar-refractivity contribution in [3.63, 3.8) is 0 Å². The van der Waals surface area contributed by atoms with Gasteiger partial charge >= 0.3 is 0 Å². The van der Waals surface area contributed by atoms with Gasteiger partial charge in [0.15, 0.2) is 0 Å². The molecule has 2 heteroatoms. The first-order chi connectivity index (χ1) is 8.76.